The number of hydrogen-bond donors (Lipinski definition) is 1. The predicted octanol–water partition coefficient (Wildman–Crippen LogP) is 3.89. The predicted molar refractivity (Wildman–Crippen MR) is 100 cm³/mol. The van der Waals surface area contributed by atoms with Gasteiger partial charge in [-0.25, -0.2) is 0 Å². The fraction of sp³-hybridized carbons (Fsp3) is 0.200. The van der Waals surface area contributed by atoms with E-state index in [2.05, 4.69) is 22.5 Å². The lowest BCUT2D eigenvalue weighted by atomic mass is 10.2. The Morgan fingerprint density at radius 1 is 1.19 bits per heavy atom. The van der Waals surface area contributed by atoms with Crippen molar-refractivity contribution < 1.29 is 9.21 Å². The molecule has 0 aliphatic heterocycles. The van der Waals surface area contributed by atoms with Gasteiger partial charge in [0.25, 0.3) is 5.91 Å². The Kier molecular flexibility index (Phi) is 3.88. The zero-order valence-electron chi connectivity index (χ0n) is 15.0. The van der Waals surface area contributed by atoms with Crippen molar-refractivity contribution in [3.05, 3.63) is 71.4 Å². The Morgan fingerprint density at radius 2 is 1.96 bits per heavy atom. The van der Waals surface area contributed by atoms with Crippen LogP contribution in [0, 0.1) is 13.8 Å². The first kappa shape index (κ1) is 16.2. The highest BCUT2D eigenvalue weighted by Crippen LogP contribution is 2.24. The number of fused-ring (bicyclic) bond motifs is 1. The maximum Gasteiger partial charge on any atom is 0.272 e. The minimum atomic E-state index is -0.177. The SMILES string of the molecule is Cc1nn(Cc2ccccc2)c(C)c1NC(=O)c1cc2occc2n1C. The van der Waals surface area contributed by atoms with Crippen LogP contribution in [0.1, 0.15) is 27.4 Å². The van der Waals surface area contributed by atoms with Gasteiger partial charge in [0.1, 0.15) is 5.69 Å². The highest BCUT2D eigenvalue weighted by atomic mass is 16.3. The number of nitrogens with one attached hydrogen (secondary N) is 1. The van der Waals surface area contributed by atoms with Gasteiger partial charge in [0.15, 0.2) is 5.58 Å². The smallest absolute Gasteiger partial charge is 0.272 e. The molecule has 132 valence electrons. The Bertz CT molecular complexity index is 1090. The number of rotatable bonds is 4. The lowest BCUT2D eigenvalue weighted by molar-refractivity contribution is 0.101. The van der Waals surface area contributed by atoms with Crippen molar-refractivity contribution in [1.82, 2.24) is 14.3 Å². The average molecular weight is 348 g/mol. The Balaban J connectivity index is 1.61. The van der Waals surface area contributed by atoms with E-state index in [-0.39, 0.29) is 5.91 Å². The van der Waals surface area contributed by atoms with Crippen LogP contribution in [0.15, 0.2) is 53.1 Å². The highest BCUT2D eigenvalue weighted by molar-refractivity contribution is 6.06. The molecule has 0 saturated heterocycles. The summed E-state index contributed by atoms with van der Waals surface area (Å²) in [6.07, 6.45) is 1.62. The van der Waals surface area contributed by atoms with Crippen molar-refractivity contribution in [2.24, 2.45) is 7.05 Å². The van der Waals surface area contributed by atoms with E-state index < -0.39 is 0 Å². The zero-order chi connectivity index (χ0) is 18.3. The number of anilines is 1. The molecule has 0 spiro atoms. The molecule has 1 amide bonds. The maximum absolute atomic E-state index is 12.8. The Labute approximate surface area is 151 Å². The van der Waals surface area contributed by atoms with Crippen molar-refractivity contribution in [2.45, 2.75) is 20.4 Å². The van der Waals surface area contributed by atoms with Crippen molar-refractivity contribution in [3.8, 4) is 0 Å². The third kappa shape index (κ3) is 2.69. The van der Waals surface area contributed by atoms with Gasteiger partial charge in [0.2, 0.25) is 0 Å². The van der Waals surface area contributed by atoms with Gasteiger partial charge in [-0.1, -0.05) is 30.3 Å². The van der Waals surface area contributed by atoms with Crippen LogP contribution in [-0.4, -0.2) is 20.3 Å². The Hall–Kier alpha value is -3.28. The number of hydrogen-bond acceptors (Lipinski definition) is 3. The first-order chi connectivity index (χ1) is 12.5. The molecular formula is C20H20N4O2. The normalized spacial score (nSPS) is 11.2. The van der Waals surface area contributed by atoms with Crippen LogP contribution < -0.4 is 5.32 Å². The minimum Gasteiger partial charge on any atom is -0.463 e. The largest absolute Gasteiger partial charge is 0.463 e. The molecule has 0 aliphatic carbocycles. The van der Waals surface area contributed by atoms with Crippen molar-refractivity contribution in [1.29, 1.82) is 0 Å². The second-order valence-corrected chi connectivity index (χ2v) is 6.40. The fourth-order valence-electron chi connectivity index (χ4n) is 3.23. The van der Waals surface area contributed by atoms with E-state index in [9.17, 15) is 4.79 Å². The second kappa shape index (κ2) is 6.22. The number of carbonyl (C=O) groups excluding carboxylic acids is 1. The quantitative estimate of drug-likeness (QED) is 0.608. The first-order valence-corrected chi connectivity index (χ1v) is 8.47. The molecule has 1 aromatic carbocycles. The number of nitrogens with zero attached hydrogens (tertiary/aromatic N) is 3. The summed E-state index contributed by atoms with van der Waals surface area (Å²) < 4.78 is 9.12. The van der Waals surface area contributed by atoms with E-state index in [0.717, 1.165) is 22.6 Å². The molecule has 1 N–H and O–H groups in total. The lowest BCUT2D eigenvalue weighted by Gasteiger charge is -2.08. The number of furan rings is 1. The van der Waals surface area contributed by atoms with Crippen molar-refractivity contribution >= 4 is 22.7 Å². The number of benzene rings is 1. The number of amides is 1. The third-order valence-corrected chi connectivity index (χ3v) is 4.69. The van der Waals surface area contributed by atoms with Gasteiger partial charge in [-0.3, -0.25) is 9.48 Å². The van der Waals surface area contributed by atoms with E-state index in [4.69, 9.17) is 4.42 Å². The summed E-state index contributed by atoms with van der Waals surface area (Å²) in [5.41, 5.74) is 5.79. The summed E-state index contributed by atoms with van der Waals surface area (Å²) in [5, 5.41) is 7.59. The molecule has 4 rings (SSSR count). The van der Waals surface area contributed by atoms with Crippen molar-refractivity contribution in [2.75, 3.05) is 5.32 Å². The number of carbonyl (C=O) groups is 1. The third-order valence-electron chi connectivity index (χ3n) is 4.69. The first-order valence-electron chi connectivity index (χ1n) is 8.47. The van der Waals surface area contributed by atoms with Crippen LogP contribution in [0.2, 0.25) is 0 Å². The molecule has 0 unspecified atom stereocenters. The molecule has 0 atom stereocenters. The molecule has 0 aliphatic rings. The van der Waals surface area contributed by atoms with E-state index in [1.807, 2.05) is 54.4 Å². The number of aromatic nitrogens is 3. The van der Waals surface area contributed by atoms with Crippen LogP contribution in [0.4, 0.5) is 5.69 Å². The summed E-state index contributed by atoms with van der Waals surface area (Å²) in [6.45, 7) is 4.54. The van der Waals surface area contributed by atoms with Crippen LogP contribution >= 0.6 is 0 Å². The van der Waals surface area contributed by atoms with Gasteiger partial charge in [0, 0.05) is 19.2 Å². The molecule has 6 nitrogen and oxygen atoms in total. The van der Waals surface area contributed by atoms with E-state index >= 15 is 0 Å². The van der Waals surface area contributed by atoms with E-state index in [0.29, 0.717) is 17.8 Å². The molecule has 3 heterocycles. The molecule has 26 heavy (non-hydrogen) atoms. The topological polar surface area (TPSA) is 65.0 Å². The van der Waals surface area contributed by atoms with Gasteiger partial charge < -0.3 is 14.3 Å². The Morgan fingerprint density at radius 3 is 2.69 bits per heavy atom. The molecule has 4 aromatic rings. The molecule has 6 heteroatoms. The van der Waals surface area contributed by atoms with Crippen LogP contribution in [0.3, 0.4) is 0 Å². The summed E-state index contributed by atoms with van der Waals surface area (Å²) in [5.74, 6) is -0.177. The van der Waals surface area contributed by atoms with Gasteiger partial charge in [-0.05, 0) is 19.4 Å². The fourth-order valence-corrected chi connectivity index (χ4v) is 3.23. The van der Waals surface area contributed by atoms with Crippen molar-refractivity contribution in [3.63, 3.8) is 0 Å². The van der Waals surface area contributed by atoms with E-state index in [1.165, 1.54) is 5.56 Å². The van der Waals surface area contributed by atoms with Gasteiger partial charge in [-0.2, -0.15) is 5.10 Å². The van der Waals surface area contributed by atoms with Gasteiger partial charge in [-0.15, -0.1) is 0 Å². The van der Waals surface area contributed by atoms with Crippen LogP contribution in [-0.2, 0) is 13.6 Å². The number of aryl methyl sites for hydroxylation is 2. The maximum atomic E-state index is 12.8. The van der Waals surface area contributed by atoms with Crippen LogP contribution in [0.25, 0.3) is 11.1 Å². The molecule has 0 saturated carbocycles. The monoisotopic (exact) mass is 348 g/mol. The molecular weight excluding hydrogens is 328 g/mol. The summed E-state index contributed by atoms with van der Waals surface area (Å²) in [6, 6.07) is 13.7. The van der Waals surface area contributed by atoms with Gasteiger partial charge >= 0.3 is 0 Å². The molecule has 0 bridgehead atoms. The highest BCUT2D eigenvalue weighted by Gasteiger charge is 2.19. The molecule has 3 aromatic heterocycles. The average Bonchev–Trinajstić information content (AvgIpc) is 3.28. The summed E-state index contributed by atoms with van der Waals surface area (Å²) in [7, 11) is 1.85. The minimum absolute atomic E-state index is 0.177. The standard InChI is InChI=1S/C20H20N4O2/c1-13-19(14(2)24(22-13)12-15-7-5-4-6-8-15)21-20(25)17-11-18-16(23(17)3)9-10-26-18/h4-11H,12H2,1-3H3,(H,21,25). The second-order valence-electron chi connectivity index (χ2n) is 6.40. The lowest BCUT2D eigenvalue weighted by Crippen LogP contribution is -2.16. The summed E-state index contributed by atoms with van der Waals surface area (Å²) in [4.78, 5) is 12.8. The van der Waals surface area contributed by atoms with Gasteiger partial charge in [0.05, 0.1) is 35.4 Å². The zero-order valence-corrected chi connectivity index (χ0v) is 15.0. The summed E-state index contributed by atoms with van der Waals surface area (Å²) >= 11 is 0. The van der Waals surface area contributed by atoms with E-state index in [1.54, 1.807) is 12.3 Å². The molecule has 0 fully saturated rings. The molecule has 0 radical (unpaired) electrons. The van der Waals surface area contributed by atoms with Crippen LogP contribution in [0.5, 0.6) is 0 Å².